The molecule has 0 heterocycles. The Balaban J connectivity index is 0.854. The van der Waals surface area contributed by atoms with Gasteiger partial charge in [0.05, 0.1) is 0 Å². The molecule has 384 valence electrons. The monoisotopic (exact) mass is 1020 g/mol. The lowest BCUT2D eigenvalue weighted by atomic mass is 9.86. The lowest BCUT2D eigenvalue weighted by Gasteiger charge is -2.28. The van der Waals surface area contributed by atoms with Crippen molar-refractivity contribution < 1.29 is 10.2 Å². The molecule has 0 aliphatic carbocycles. The number of hydrogen-bond acceptors (Lipinski definition) is 6. The number of benzene rings is 11. The molecule has 0 aliphatic heterocycles. The van der Waals surface area contributed by atoms with Gasteiger partial charge in [-0.15, -0.1) is 0 Å². The minimum atomic E-state index is -0.326. The summed E-state index contributed by atoms with van der Waals surface area (Å²) >= 11 is 0. The van der Waals surface area contributed by atoms with E-state index >= 15 is 0 Å². The smallest absolute Gasteiger partial charge is 0.124 e. The molecule has 0 radical (unpaired) electrons. The number of aromatic hydroxyl groups is 2. The second-order valence-corrected chi connectivity index (χ2v) is 20.5. The number of anilines is 5. The highest BCUT2D eigenvalue weighted by Gasteiger charge is 2.23. The Kier molecular flexibility index (Phi) is 15.2. The Hall–Kier alpha value is -10.0. The van der Waals surface area contributed by atoms with Gasteiger partial charge >= 0.3 is 0 Å². The molecule has 0 aromatic heterocycles. The lowest BCUT2D eigenvalue weighted by Crippen LogP contribution is -2.19. The van der Waals surface area contributed by atoms with Crippen molar-refractivity contribution >= 4 is 40.9 Å². The second-order valence-electron chi connectivity index (χ2n) is 20.5. The fraction of sp³-hybridized carbons (Fsp3) is 0.0685. The summed E-state index contributed by atoms with van der Waals surface area (Å²) in [7, 11) is 0. The summed E-state index contributed by atoms with van der Waals surface area (Å²) in [5.41, 5.74) is 18.2. The third-order valence-corrected chi connectivity index (χ3v) is 14.1. The van der Waals surface area contributed by atoms with Crippen LogP contribution < -0.4 is 10.2 Å². The predicted molar refractivity (Wildman–Crippen MR) is 332 cm³/mol. The summed E-state index contributed by atoms with van der Waals surface area (Å²) < 4.78 is 0. The maximum absolute atomic E-state index is 11.8. The zero-order chi connectivity index (χ0) is 54.0. The maximum Gasteiger partial charge on any atom is 0.124 e. The molecule has 11 rings (SSSR count). The van der Waals surface area contributed by atoms with Gasteiger partial charge in [0.1, 0.15) is 11.5 Å². The normalized spacial score (nSPS) is 11.5. The lowest BCUT2D eigenvalue weighted by molar-refractivity contribution is 0.396. The van der Waals surface area contributed by atoms with Crippen molar-refractivity contribution in [3.05, 3.63) is 284 Å². The van der Waals surface area contributed by atoms with E-state index in [1.165, 1.54) is 0 Å². The Morgan fingerprint density at radius 3 is 1.04 bits per heavy atom. The first-order valence-electron chi connectivity index (χ1n) is 26.7. The molecule has 0 amide bonds. The highest BCUT2D eigenvalue weighted by atomic mass is 16.3. The largest absolute Gasteiger partial charge is 0.507 e. The van der Waals surface area contributed by atoms with E-state index in [1.807, 2.05) is 78.9 Å². The zero-order valence-corrected chi connectivity index (χ0v) is 44.3. The third kappa shape index (κ3) is 11.9. The van der Waals surface area contributed by atoms with E-state index in [9.17, 15) is 10.2 Å². The summed E-state index contributed by atoms with van der Waals surface area (Å²) in [5, 5.41) is 27.1. The Morgan fingerprint density at radius 2 is 0.684 bits per heavy atom. The molecule has 11 aromatic carbocycles. The van der Waals surface area contributed by atoms with Crippen LogP contribution in [0.4, 0.5) is 28.4 Å². The molecule has 3 N–H and O–H groups in total. The minimum Gasteiger partial charge on any atom is -0.507 e. The number of aliphatic imine (C=N–C) groups is 2. The van der Waals surface area contributed by atoms with Crippen molar-refractivity contribution in [2.75, 3.05) is 23.3 Å². The van der Waals surface area contributed by atoms with Gasteiger partial charge in [0.2, 0.25) is 0 Å². The summed E-state index contributed by atoms with van der Waals surface area (Å²) in [6.45, 7) is 5.18. The van der Waals surface area contributed by atoms with Crippen LogP contribution in [-0.4, -0.2) is 35.7 Å². The standard InChI is InChI=1S/C73H60N4O2/c1-73(2,50-74-48-58-40-38-56(42-69(58)78)71-65(52-24-10-3-11-25-52)44-61(76-60-32-18-7-19-33-60)45-66(71)53-26-12-4-13-27-53)51-75-49-59-41-39-57(43-70(59)79)72-67(54-28-14-5-15-29-54)46-64(47-68(72)55-30-16-6-17-31-55)77(62-34-20-8-21-35-62)63-36-22-9-23-37-63/h3-49,76,78-79H,50-51H2,1-2H3/b74-48+,75-49+. The number of phenols is 2. The Bertz CT molecular complexity index is 3730. The van der Waals surface area contributed by atoms with Crippen LogP contribution in [0.5, 0.6) is 11.5 Å². The van der Waals surface area contributed by atoms with E-state index in [4.69, 9.17) is 9.98 Å². The fourth-order valence-electron chi connectivity index (χ4n) is 10.2. The van der Waals surface area contributed by atoms with Crippen molar-refractivity contribution in [2.45, 2.75) is 13.8 Å². The fourth-order valence-corrected chi connectivity index (χ4v) is 10.2. The van der Waals surface area contributed by atoms with Gasteiger partial charge in [-0.3, -0.25) is 9.98 Å². The Morgan fingerprint density at radius 1 is 0.354 bits per heavy atom. The van der Waals surface area contributed by atoms with Crippen LogP contribution in [0, 0.1) is 5.41 Å². The molecule has 0 saturated carbocycles. The van der Waals surface area contributed by atoms with Gasteiger partial charge in [-0.05, 0) is 152 Å². The predicted octanol–water partition coefficient (Wildman–Crippen LogP) is 18.9. The molecule has 0 saturated heterocycles. The van der Waals surface area contributed by atoms with Crippen molar-refractivity contribution in [1.29, 1.82) is 0 Å². The van der Waals surface area contributed by atoms with Gasteiger partial charge in [0.25, 0.3) is 0 Å². The summed E-state index contributed by atoms with van der Waals surface area (Å²) in [6, 6.07) is 93.5. The molecule has 11 aromatic rings. The summed E-state index contributed by atoms with van der Waals surface area (Å²) in [5.74, 6) is 0.282. The summed E-state index contributed by atoms with van der Waals surface area (Å²) in [4.78, 5) is 12.0. The van der Waals surface area contributed by atoms with E-state index in [-0.39, 0.29) is 16.9 Å². The number of phenolic OH excluding ortho intramolecular Hbond substituents is 2. The first kappa shape index (κ1) is 51.1. The second kappa shape index (κ2) is 23.5. The van der Waals surface area contributed by atoms with Crippen LogP contribution in [0.25, 0.3) is 66.8 Å². The molecule has 0 unspecified atom stereocenters. The number of nitrogens with one attached hydrogen (secondary N) is 1. The van der Waals surface area contributed by atoms with Gasteiger partial charge in [-0.2, -0.15) is 0 Å². The molecular weight excluding hydrogens is 965 g/mol. The zero-order valence-electron chi connectivity index (χ0n) is 44.3. The van der Waals surface area contributed by atoms with E-state index in [1.54, 1.807) is 12.4 Å². The maximum atomic E-state index is 11.8. The molecule has 0 fully saturated rings. The quantitative estimate of drug-likeness (QED) is 0.0794. The molecule has 0 atom stereocenters. The first-order chi connectivity index (χ1) is 38.7. The van der Waals surface area contributed by atoms with Crippen LogP contribution in [-0.2, 0) is 0 Å². The van der Waals surface area contributed by atoms with E-state index in [0.29, 0.717) is 24.2 Å². The van der Waals surface area contributed by atoms with Gasteiger partial charge < -0.3 is 20.4 Å². The molecule has 6 heteroatoms. The molecule has 0 aliphatic rings. The minimum absolute atomic E-state index is 0.139. The van der Waals surface area contributed by atoms with Crippen LogP contribution >= 0.6 is 0 Å². The van der Waals surface area contributed by atoms with Gasteiger partial charge in [-0.1, -0.05) is 202 Å². The SMILES string of the molecule is CC(C)(C/N=C/c1ccc(-c2c(-c3ccccc3)cc(Nc3ccccc3)cc2-c2ccccc2)cc1O)C/N=C/c1ccc(-c2c(-c3ccccc3)cc(N(c3ccccc3)c3ccccc3)cc2-c2ccccc2)cc1O. The number of rotatable bonds is 17. The van der Waals surface area contributed by atoms with E-state index in [0.717, 1.165) is 95.2 Å². The number of hydrogen-bond donors (Lipinski definition) is 3. The van der Waals surface area contributed by atoms with Crippen molar-refractivity contribution in [1.82, 2.24) is 0 Å². The molecule has 0 spiro atoms. The number of para-hydroxylation sites is 3. The van der Waals surface area contributed by atoms with Crippen molar-refractivity contribution in [3.8, 4) is 78.3 Å². The molecule has 0 bridgehead atoms. The first-order valence-corrected chi connectivity index (χ1v) is 26.7. The van der Waals surface area contributed by atoms with E-state index in [2.05, 4.69) is 218 Å². The van der Waals surface area contributed by atoms with Crippen LogP contribution in [0.1, 0.15) is 25.0 Å². The van der Waals surface area contributed by atoms with Crippen molar-refractivity contribution in [2.24, 2.45) is 15.4 Å². The topological polar surface area (TPSA) is 80.5 Å². The van der Waals surface area contributed by atoms with Gasteiger partial charge in [0.15, 0.2) is 0 Å². The van der Waals surface area contributed by atoms with Gasteiger partial charge in [0, 0.05) is 70.5 Å². The average Bonchev–Trinajstić information content (AvgIpc) is 3.64. The highest BCUT2D eigenvalue weighted by Crippen LogP contribution is 2.48. The number of nitrogens with zero attached hydrogens (tertiary/aromatic N) is 3. The average molecular weight is 1030 g/mol. The third-order valence-electron chi connectivity index (χ3n) is 14.1. The van der Waals surface area contributed by atoms with Crippen molar-refractivity contribution in [3.63, 3.8) is 0 Å². The molecule has 6 nitrogen and oxygen atoms in total. The Labute approximate surface area is 463 Å². The summed E-state index contributed by atoms with van der Waals surface area (Å²) in [6.07, 6.45) is 3.50. The van der Waals surface area contributed by atoms with Crippen LogP contribution in [0.3, 0.4) is 0 Å². The van der Waals surface area contributed by atoms with E-state index < -0.39 is 0 Å². The van der Waals surface area contributed by atoms with Crippen LogP contribution in [0.2, 0.25) is 0 Å². The highest BCUT2D eigenvalue weighted by molar-refractivity contribution is 6.01. The molecular formula is C73H60N4O2. The van der Waals surface area contributed by atoms with Gasteiger partial charge in [-0.25, -0.2) is 0 Å². The molecule has 79 heavy (non-hydrogen) atoms. The van der Waals surface area contributed by atoms with Crippen LogP contribution in [0.15, 0.2) is 283 Å².